The van der Waals surface area contributed by atoms with Crippen molar-refractivity contribution >= 4 is 50.9 Å². The minimum atomic E-state index is -4.32. The third kappa shape index (κ3) is 6.65. The van der Waals surface area contributed by atoms with E-state index in [1.54, 1.807) is 12.1 Å². The van der Waals surface area contributed by atoms with Gasteiger partial charge in [0.1, 0.15) is 4.90 Å². The summed E-state index contributed by atoms with van der Waals surface area (Å²) in [6, 6.07) is 12.4. The molecule has 0 aliphatic rings. The van der Waals surface area contributed by atoms with Crippen LogP contribution in [-0.2, 0) is 14.8 Å². The Morgan fingerprint density at radius 2 is 1.70 bits per heavy atom. The number of sulfonamides is 1. The number of hydrazone groups is 1. The average Bonchev–Trinajstić information content (AvgIpc) is 2.85. The van der Waals surface area contributed by atoms with Crippen molar-refractivity contribution in [1.29, 1.82) is 0 Å². The van der Waals surface area contributed by atoms with Gasteiger partial charge in [-0.15, -0.1) is 0 Å². The maximum atomic E-state index is 13.1. The van der Waals surface area contributed by atoms with Crippen LogP contribution in [0, 0.1) is 10.1 Å². The normalized spacial score (nSPS) is 11.1. The zero-order valence-corrected chi connectivity index (χ0v) is 21.3. The van der Waals surface area contributed by atoms with Crippen molar-refractivity contribution in [2.75, 3.05) is 24.4 Å². The Bertz CT molecular complexity index is 1450. The second-order valence-corrected chi connectivity index (χ2v) is 9.30. The quantitative estimate of drug-likeness (QED) is 0.123. The van der Waals surface area contributed by atoms with Gasteiger partial charge in [0.05, 0.1) is 41.8 Å². The summed E-state index contributed by atoms with van der Waals surface area (Å²) in [6.07, 6.45) is 1.32. The molecule has 0 unspecified atom stereocenters. The van der Waals surface area contributed by atoms with Gasteiger partial charge in [-0.1, -0.05) is 23.7 Å². The minimum absolute atomic E-state index is 0.0446. The number of carbonyl (C=O) groups is 1. The summed E-state index contributed by atoms with van der Waals surface area (Å²) in [6.45, 7) is 1.23. The number of rotatable bonds is 10. The highest BCUT2D eigenvalue weighted by molar-refractivity contribution is 7.93. The minimum Gasteiger partial charge on any atom is -0.493 e. The summed E-state index contributed by atoms with van der Waals surface area (Å²) in [5.41, 5.74) is 2.64. The standard InChI is InChI=1S/C23H21ClN4O8S/c1-14(29)36-23-20(34-2)10-15(11-21(23)35-3)13-25-26-19-9-8-16(28(30)31)12-22(19)37(32,33)27-18-7-5-4-6-17(18)24/h4-13,26-27H,1-3H3/b25-13+. The van der Waals surface area contributed by atoms with Crippen molar-refractivity contribution in [3.8, 4) is 17.2 Å². The van der Waals surface area contributed by atoms with Gasteiger partial charge in [-0.05, 0) is 30.3 Å². The monoisotopic (exact) mass is 548 g/mol. The van der Waals surface area contributed by atoms with Crippen LogP contribution in [0.25, 0.3) is 0 Å². The molecule has 0 spiro atoms. The zero-order valence-electron chi connectivity index (χ0n) is 19.7. The van der Waals surface area contributed by atoms with Gasteiger partial charge in [0, 0.05) is 24.6 Å². The fourth-order valence-corrected chi connectivity index (χ4v) is 4.57. The van der Waals surface area contributed by atoms with E-state index in [0.29, 0.717) is 5.56 Å². The predicted molar refractivity (Wildman–Crippen MR) is 137 cm³/mol. The molecule has 3 aromatic rings. The van der Waals surface area contributed by atoms with E-state index in [4.69, 9.17) is 25.8 Å². The molecule has 2 N–H and O–H groups in total. The van der Waals surface area contributed by atoms with Crippen LogP contribution in [0.15, 0.2) is 64.6 Å². The van der Waals surface area contributed by atoms with E-state index >= 15 is 0 Å². The Hall–Kier alpha value is -4.36. The molecule has 3 aromatic carbocycles. The Morgan fingerprint density at radius 1 is 1.05 bits per heavy atom. The Morgan fingerprint density at radius 3 is 2.27 bits per heavy atom. The lowest BCUT2D eigenvalue weighted by atomic mass is 10.2. The third-order valence-corrected chi connectivity index (χ3v) is 6.45. The van der Waals surface area contributed by atoms with Crippen LogP contribution in [0.5, 0.6) is 17.2 Å². The summed E-state index contributed by atoms with van der Waals surface area (Å²) >= 11 is 6.06. The van der Waals surface area contributed by atoms with Crippen molar-refractivity contribution in [1.82, 2.24) is 0 Å². The van der Waals surface area contributed by atoms with Gasteiger partial charge >= 0.3 is 5.97 Å². The molecule has 0 fully saturated rings. The van der Waals surface area contributed by atoms with E-state index in [2.05, 4.69) is 15.2 Å². The van der Waals surface area contributed by atoms with Gasteiger partial charge in [-0.2, -0.15) is 5.10 Å². The molecule has 12 nitrogen and oxygen atoms in total. The van der Waals surface area contributed by atoms with Crippen LogP contribution < -0.4 is 24.4 Å². The zero-order chi connectivity index (χ0) is 27.2. The molecule has 0 radical (unpaired) electrons. The summed E-state index contributed by atoms with van der Waals surface area (Å²) in [4.78, 5) is 21.5. The molecular formula is C23H21ClN4O8S. The number of benzene rings is 3. The van der Waals surface area contributed by atoms with E-state index in [-0.39, 0.29) is 33.6 Å². The number of hydrogen-bond acceptors (Lipinski definition) is 10. The first-order valence-electron chi connectivity index (χ1n) is 10.3. The SMILES string of the molecule is COc1cc(/C=N/Nc2ccc([N+](=O)[O-])cc2S(=O)(=O)Nc2ccccc2Cl)cc(OC)c1OC(C)=O. The Kier molecular flexibility index (Phi) is 8.52. The molecule has 0 saturated heterocycles. The smallest absolute Gasteiger partial charge is 0.308 e. The molecular weight excluding hydrogens is 528 g/mol. The molecule has 0 aliphatic heterocycles. The van der Waals surface area contributed by atoms with Crippen molar-refractivity contribution in [3.63, 3.8) is 0 Å². The number of carbonyl (C=O) groups excluding carboxylic acids is 1. The number of nitrogens with zero attached hydrogens (tertiary/aromatic N) is 2. The molecule has 0 aromatic heterocycles. The molecule has 14 heteroatoms. The number of non-ortho nitro benzene ring substituents is 1. The lowest BCUT2D eigenvalue weighted by Gasteiger charge is -2.14. The van der Waals surface area contributed by atoms with E-state index in [1.807, 2.05) is 0 Å². The number of para-hydroxylation sites is 1. The summed E-state index contributed by atoms with van der Waals surface area (Å²) in [5, 5.41) is 15.5. The highest BCUT2D eigenvalue weighted by atomic mass is 35.5. The molecule has 0 saturated carbocycles. The van der Waals surface area contributed by atoms with E-state index in [9.17, 15) is 23.3 Å². The molecule has 37 heavy (non-hydrogen) atoms. The lowest BCUT2D eigenvalue weighted by molar-refractivity contribution is -0.385. The fourth-order valence-electron chi connectivity index (χ4n) is 3.08. The van der Waals surface area contributed by atoms with Crippen LogP contribution in [0.4, 0.5) is 17.1 Å². The number of ether oxygens (including phenoxy) is 3. The maximum absolute atomic E-state index is 13.1. The van der Waals surface area contributed by atoms with Crippen molar-refractivity contribution in [3.05, 3.63) is 75.3 Å². The van der Waals surface area contributed by atoms with Crippen molar-refractivity contribution in [2.24, 2.45) is 5.10 Å². The molecule has 3 rings (SSSR count). The Balaban J connectivity index is 1.96. The first-order chi connectivity index (χ1) is 17.6. The summed E-state index contributed by atoms with van der Waals surface area (Å²) in [7, 11) is -1.57. The maximum Gasteiger partial charge on any atom is 0.308 e. The Labute approximate surface area is 217 Å². The fraction of sp³-hybridized carbons (Fsp3) is 0.130. The summed E-state index contributed by atoms with van der Waals surface area (Å²) in [5.74, 6) is -0.105. The molecule has 194 valence electrons. The first-order valence-corrected chi connectivity index (χ1v) is 12.2. The number of anilines is 2. The van der Waals surface area contributed by atoms with Gasteiger partial charge in [0.25, 0.3) is 15.7 Å². The number of nitro benzene ring substituents is 1. The van der Waals surface area contributed by atoms with E-state index in [0.717, 1.165) is 12.1 Å². The van der Waals surface area contributed by atoms with Crippen molar-refractivity contribution < 1.29 is 32.3 Å². The highest BCUT2D eigenvalue weighted by Gasteiger charge is 2.23. The number of methoxy groups -OCH3 is 2. The number of esters is 1. The molecule has 0 bridgehead atoms. The van der Waals surface area contributed by atoms with E-state index in [1.165, 1.54) is 57.7 Å². The number of halogens is 1. The van der Waals surface area contributed by atoms with Crippen LogP contribution >= 0.6 is 11.6 Å². The molecule has 0 amide bonds. The van der Waals surface area contributed by atoms with Gasteiger partial charge in [-0.3, -0.25) is 25.1 Å². The number of nitrogens with one attached hydrogen (secondary N) is 2. The van der Waals surface area contributed by atoms with E-state index < -0.39 is 31.5 Å². The largest absolute Gasteiger partial charge is 0.493 e. The summed E-state index contributed by atoms with van der Waals surface area (Å²) < 4.78 is 44.2. The van der Waals surface area contributed by atoms with Gasteiger partial charge in [0.15, 0.2) is 11.5 Å². The van der Waals surface area contributed by atoms with Crippen LogP contribution in [0.2, 0.25) is 5.02 Å². The molecule has 0 atom stereocenters. The lowest BCUT2D eigenvalue weighted by Crippen LogP contribution is -2.15. The number of hydrogen-bond donors (Lipinski definition) is 2. The molecule has 0 aliphatic carbocycles. The van der Waals surface area contributed by atoms with Gasteiger partial charge in [-0.25, -0.2) is 8.42 Å². The second-order valence-electron chi connectivity index (χ2n) is 7.24. The van der Waals surface area contributed by atoms with Gasteiger partial charge in [0.2, 0.25) is 5.75 Å². The number of nitro groups is 1. The van der Waals surface area contributed by atoms with Crippen LogP contribution in [0.3, 0.4) is 0 Å². The average molecular weight is 549 g/mol. The first kappa shape index (κ1) is 27.2. The van der Waals surface area contributed by atoms with Crippen LogP contribution in [0.1, 0.15) is 12.5 Å². The second kappa shape index (κ2) is 11.6. The van der Waals surface area contributed by atoms with Gasteiger partial charge < -0.3 is 14.2 Å². The third-order valence-electron chi connectivity index (χ3n) is 4.71. The van der Waals surface area contributed by atoms with Crippen molar-refractivity contribution in [2.45, 2.75) is 11.8 Å². The van der Waals surface area contributed by atoms with Crippen LogP contribution in [-0.4, -0.2) is 39.7 Å². The molecule has 0 heterocycles. The predicted octanol–water partition coefficient (Wildman–Crippen LogP) is 4.44. The topological polar surface area (TPSA) is 158 Å². The highest BCUT2D eigenvalue weighted by Crippen LogP contribution is 2.38.